The van der Waals surface area contributed by atoms with Gasteiger partial charge in [-0.1, -0.05) is 25.1 Å². The van der Waals surface area contributed by atoms with Gasteiger partial charge >= 0.3 is 0 Å². The van der Waals surface area contributed by atoms with Gasteiger partial charge in [-0.2, -0.15) is 18.6 Å². The third-order valence-electron chi connectivity index (χ3n) is 5.06. The highest BCUT2D eigenvalue weighted by Crippen LogP contribution is 2.27. The molecule has 2 N–H and O–H groups in total. The van der Waals surface area contributed by atoms with Crippen LogP contribution in [0.4, 0.5) is 5.82 Å². The van der Waals surface area contributed by atoms with Gasteiger partial charge in [0.05, 0.1) is 23.0 Å². The van der Waals surface area contributed by atoms with Gasteiger partial charge in [0.2, 0.25) is 0 Å². The minimum atomic E-state index is -0.116. The minimum absolute atomic E-state index is 0. The Kier molecular flexibility index (Phi) is 6.86. The molecule has 3 aromatic heterocycles. The average Bonchev–Trinajstić information content (AvgIpc) is 3.22. The first-order chi connectivity index (χ1) is 14.6. The van der Waals surface area contributed by atoms with Gasteiger partial charge in [-0.05, 0) is 11.6 Å². The zero-order valence-electron chi connectivity index (χ0n) is 17.6. The number of anilines is 1. The molecule has 0 aliphatic rings. The van der Waals surface area contributed by atoms with Crippen molar-refractivity contribution in [3.63, 3.8) is 0 Å². The van der Waals surface area contributed by atoms with E-state index in [0.717, 1.165) is 33.5 Å². The minimum Gasteiger partial charge on any atom is -0.369 e. The molecule has 0 radical (unpaired) electrons. The maximum absolute atomic E-state index is 12.2. The molecular formula is C22H25N7OS. The van der Waals surface area contributed by atoms with Crippen LogP contribution >= 0.6 is 13.5 Å². The summed E-state index contributed by atoms with van der Waals surface area (Å²) in [7, 11) is 3.51. The van der Waals surface area contributed by atoms with Crippen LogP contribution in [-0.4, -0.2) is 44.2 Å². The second-order valence-electron chi connectivity index (χ2n) is 7.15. The summed E-state index contributed by atoms with van der Waals surface area (Å²) in [4.78, 5) is 25.4. The summed E-state index contributed by atoms with van der Waals surface area (Å²) in [6, 6.07) is 9.61. The quantitative estimate of drug-likeness (QED) is 0.483. The van der Waals surface area contributed by atoms with Gasteiger partial charge in [0, 0.05) is 56.0 Å². The molecule has 9 heteroatoms. The Morgan fingerprint density at radius 1 is 1.19 bits per heavy atom. The molecule has 0 fully saturated rings. The molecule has 31 heavy (non-hydrogen) atoms. The number of aromatic nitrogens is 5. The van der Waals surface area contributed by atoms with E-state index in [-0.39, 0.29) is 25.3 Å². The summed E-state index contributed by atoms with van der Waals surface area (Å²) < 4.78 is 1.74. The molecular weight excluding hydrogens is 410 g/mol. The van der Waals surface area contributed by atoms with E-state index < -0.39 is 0 Å². The fraction of sp³-hybridized carbons (Fsp3) is 0.227. The van der Waals surface area contributed by atoms with E-state index in [2.05, 4.69) is 43.7 Å². The fourth-order valence-electron chi connectivity index (χ4n) is 3.46. The summed E-state index contributed by atoms with van der Waals surface area (Å²) in [5.74, 6) is 0.780. The lowest BCUT2D eigenvalue weighted by Crippen LogP contribution is -2.18. The third-order valence-corrected chi connectivity index (χ3v) is 5.06. The SMILES string of the molecule is CNC(=O)c1ccnc2c([C@H](C)CNc3cc(-c4cnn(C)c4)ncn3)cccc12.S. The van der Waals surface area contributed by atoms with Crippen LogP contribution in [0.15, 0.2) is 55.2 Å². The van der Waals surface area contributed by atoms with Crippen LogP contribution in [0, 0.1) is 0 Å². The number of amides is 1. The molecule has 0 aliphatic heterocycles. The molecule has 4 aromatic rings. The van der Waals surface area contributed by atoms with Crippen molar-refractivity contribution in [2.75, 3.05) is 18.9 Å². The van der Waals surface area contributed by atoms with Crippen molar-refractivity contribution in [1.29, 1.82) is 0 Å². The Morgan fingerprint density at radius 3 is 2.77 bits per heavy atom. The molecule has 0 saturated carbocycles. The van der Waals surface area contributed by atoms with Crippen LogP contribution in [-0.2, 0) is 7.05 Å². The van der Waals surface area contributed by atoms with Gasteiger partial charge in [0.1, 0.15) is 12.1 Å². The van der Waals surface area contributed by atoms with Crippen LogP contribution in [0.3, 0.4) is 0 Å². The molecule has 1 aromatic carbocycles. The highest BCUT2D eigenvalue weighted by atomic mass is 32.1. The summed E-state index contributed by atoms with van der Waals surface area (Å²) in [6.45, 7) is 2.79. The van der Waals surface area contributed by atoms with Gasteiger partial charge in [-0.25, -0.2) is 9.97 Å². The number of hydrogen-bond acceptors (Lipinski definition) is 6. The smallest absolute Gasteiger partial charge is 0.251 e. The zero-order valence-corrected chi connectivity index (χ0v) is 18.6. The number of rotatable bonds is 6. The predicted octanol–water partition coefficient (Wildman–Crippen LogP) is 3.11. The second kappa shape index (κ2) is 9.57. The first-order valence-corrected chi connectivity index (χ1v) is 9.71. The van der Waals surface area contributed by atoms with Crippen molar-refractivity contribution in [3.8, 4) is 11.3 Å². The van der Waals surface area contributed by atoms with E-state index in [1.807, 2.05) is 31.4 Å². The molecule has 0 saturated heterocycles. The van der Waals surface area contributed by atoms with Gasteiger partial charge in [-0.3, -0.25) is 14.5 Å². The van der Waals surface area contributed by atoms with E-state index in [0.29, 0.717) is 12.1 Å². The molecule has 1 atom stereocenters. The largest absolute Gasteiger partial charge is 0.369 e. The number of carbonyl (C=O) groups excluding carboxylic acids is 1. The Labute approximate surface area is 187 Å². The van der Waals surface area contributed by atoms with Crippen molar-refractivity contribution in [3.05, 3.63) is 66.4 Å². The van der Waals surface area contributed by atoms with Crippen LogP contribution < -0.4 is 10.6 Å². The van der Waals surface area contributed by atoms with E-state index in [4.69, 9.17) is 0 Å². The van der Waals surface area contributed by atoms with E-state index in [1.165, 1.54) is 0 Å². The highest BCUT2D eigenvalue weighted by molar-refractivity contribution is 7.59. The molecule has 0 bridgehead atoms. The van der Waals surface area contributed by atoms with E-state index in [1.54, 1.807) is 36.5 Å². The molecule has 8 nitrogen and oxygen atoms in total. The summed E-state index contributed by atoms with van der Waals surface area (Å²) >= 11 is 0. The summed E-state index contributed by atoms with van der Waals surface area (Å²) in [6.07, 6.45) is 6.92. The number of para-hydroxylation sites is 1. The number of nitrogens with zero attached hydrogens (tertiary/aromatic N) is 5. The van der Waals surface area contributed by atoms with Crippen molar-refractivity contribution in [1.82, 2.24) is 30.0 Å². The zero-order chi connectivity index (χ0) is 21.1. The first-order valence-electron chi connectivity index (χ1n) is 9.71. The Morgan fingerprint density at radius 2 is 2.03 bits per heavy atom. The number of carbonyl (C=O) groups is 1. The maximum Gasteiger partial charge on any atom is 0.251 e. The van der Waals surface area contributed by atoms with Crippen molar-refractivity contribution in [2.45, 2.75) is 12.8 Å². The Balaban J connectivity index is 0.00000272. The third kappa shape index (κ3) is 4.66. The van der Waals surface area contributed by atoms with Crippen molar-refractivity contribution >= 4 is 36.1 Å². The van der Waals surface area contributed by atoms with Crippen molar-refractivity contribution in [2.24, 2.45) is 7.05 Å². The summed E-state index contributed by atoms with van der Waals surface area (Å²) in [5.41, 5.74) is 4.30. The number of nitrogens with one attached hydrogen (secondary N) is 2. The maximum atomic E-state index is 12.2. The fourth-order valence-corrected chi connectivity index (χ4v) is 3.46. The number of pyridine rings is 1. The summed E-state index contributed by atoms with van der Waals surface area (Å²) in [5, 5.41) is 11.1. The predicted molar refractivity (Wildman–Crippen MR) is 127 cm³/mol. The normalized spacial score (nSPS) is 11.6. The van der Waals surface area contributed by atoms with Crippen LogP contribution in [0.2, 0.25) is 0 Å². The van der Waals surface area contributed by atoms with Crippen LogP contribution in [0.25, 0.3) is 22.2 Å². The standard InChI is InChI=1S/C22H23N7O.H2S/c1-14(10-25-20-9-19(26-13-27-20)15-11-28-29(3)12-15)16-5-4-6-17-18(22(30)23-2)7-8-24-21(16)17;/h4-9,11-14H,10H2,1-3H3,(H,23,30)(H,25,26,27);1H2/t14-;/m1./s1. The Bertz CT molecular complexity index is 1210. The second-order valence-corrected chi connectivity index (χ2v) is 7.15. The highest BCUT2D eigenvalue weighted by Gasteiger charge is 2.15. The monoisotopic (exact) mass is 435 g/mol. The molecule has 1 amide bonds. The van der Waals surface area contributed by atoms with E-state index >= 15 is 0 Å². The van der Waals surface area contributed by atoms with Gasteiger partial charge in [0.25, 0.3) is 5.91 Å². The number of fused-ring (bicyclic) bond motifs is 1. The molecule has 0 aliphatic carbocycles. The molecule has 3 heterocycles. The molecule has 0 unspecified atom stereocenters. The number of hydrogen-bond donors (Lipinski definition) is 2. The Hall–Kier alpha value is -3.46. The lowest BCUT2D eigenvalue weighted by Gasteiger charge is -2.16. The molecule has 160 valence electrons. The molecule has 4 rings (SSSR count). The first kappa shape index (κ1) is 22.2. The average molecular weight is 436 g/mol. The van der Waals surface area contributed by atoms with Crippen molar-refractivity contribution < 1.29 is 4.79 Å². The lowest BCUT2D eigenvalue weighted by molar-refractivity contribution is 0.0964. The lowest BCUT2D eigenvalue weighted by atomic mass is 9.96. The van der Waals surface area contributed by atoms with Gasteiger partial charge in [0.15, 0.2) is 0 Å². The van der Waals surface area contributed by atoms with Crippen LogP contribution in [0.5, 0.6) is 0 Å². The van der Waals surface area contributed by atoms with Gasteiger partial charge in [-0.15, -0.1) is 0 Å². The van der Waals surface area contributed by atoms with Gasteiger partial charge < -0.3 is 10.6 Å². The topological polar surface area (TPSA) is 97.6 Å². The number of benzene rings is 1. The van der Waals surface area contributed by atoms with Crippen LogP contribution in [0.1, 0.15) is 28.8 Å². The molecule has 0 spiro atoms. The number of aryl methyl sites for hydroxylation is 1. The van der Waals surface area contributed by atoms with E-state index in [9.17, 15) is 4.79 Å².